The third-order valence-corrected chi connectivity index (χ3v) is 6.02. The van der Waals surface area contributed by atoms with Crippen LogP contribution in [0.4, 0.5) is 5.69 Å². The number of alkyl halides is 1. The van der Waals surface area contributed by atoms with Gasteiger partial charge in [-0.15, -0.1) is 0 Å². The largest absolute Gasteiger partial charge is 0.325 e. The van der Waals surface area contributed by atoms with Gasteiger partial charge in [-0.05, 0) is 30.9 Å². The Labute approximate surface area is 160 Å². The fourth-order valence-corrected chi connectivity index (χ4v) is 4.31. The number of aromatic amines is 1. The molecule has 8 heteroatoms. The number of benzene rings is 1. The van der Waals surface area contributed by atoms with Gasteiger partial charge in [0.1, 0.15) is 11.9 Å². The first-order valence-corrected chi connectivity index (χ1v) is 9.93. The standard InChI is InChI=1S/C18H23BrN6O/c1-9(2)14-13(19)15(23-22-14)18(26)20-12-5-3-4-11(8-12)17-21-16(24-25-17)10-6-7-10/h3-5,8-10,13-15,22-23H,6-7H2,1-2H3,(H,20,26)(H,21,24,25). The first-order valence-electron chi connectivity index (χ1n) is 9.01. The van der Waals surface area contributed by atoms with Crippen molar-refractivity contribution in [3.05, 3.63) is 30.1 Å². The molecule has 1 aromatic carbocycles. The van der Waals surface area contributed by atoms with Gasteiger partial charge in [-0.25, -0.2) is 10.4 Å². The Morgan fingerprint density at radius 2 is 2.12 bits per heavy atom. The molecular formula is C18H23BrN6O. The van der Waals surface area contributed by atoms with Crippen molar-refractivity contribution in [3.63, 3.8) is 0 Å². The maximum absolute atomic E-state index is 12.7. The summed E-state index contributed by atoms with van der Waals surface area (Å²) in [4.78, 5) is 17.3. The van der Waals surface area contributed by atoms with Gasteiger partial charge >= 0.3 is 0 Å². The van der Waals surface area contributed by atoms with Gasteiger partial charge < -0.3 is 5.32 Å². The number of amides is 1. The van der Waals surface area contributed by atoms with Gasteiger partial charge in [-0.2, -0.15) is 5.10 Å². The molecule has 0 bridgehead atoms. The summed E-state index contributed by atoms with van der Waals surface area (Å²) in [5, 5.41) is 10.3. The van der Waals surface area contributed by atoms with Crippen molar-refractivity contribution in [1.82, 2.24) is 26.0 Å². The minimum atomic E-state index is -0.337. The molecule has 7 nitrogen and oxygen atoms in total. The Morgan fingerprint density at radius 3 is 2.81 bits per heavy atom. The van der Waals surface area contributed by atoms with E-state index in [0.29, 0.717) is 17.7 Å². The monoisotopic (exact) mass is 418 g/mol. The van der Waals surface area contributed by atoms with Crippen LogP contribution in [0, 0.1) is 5.92 Å². The van der Waals surface area contributed by atoms with Crippen LogP contribution in [0.5, 0.6) is 0 Å². The minimum absolute atomic E-state index is 0.0276. The van der Waals surface area contributed by atoms with Gasteiger partial charge in [0, 0.05) is 23.2 Å². The van der Waals surface area contributed by atoms with Crippen LogP contribution in [0.25, 0.3) is 11.4 Å². The number of aromatic nitrogens is 3. The van der Waals surface area contributed by atoms with Crippen molar-refractivity contribution >= 4 is 27.5 Å². The molecule has 1 aromatic heterocycles. The quantitative estimate of drug-likeness (QED) is 0.559. The summed E-state index contributed by atoms with van der Waals surface area (Å²) < 4.78 is 0. The van der Waals surface area contributed by atoms with E-state index in [0.717, 1.165) is 17.1 Å². The second kappa shape index (κ2) is 7.09. The van der Waals surface area contributed by atoms with Crippen molar-refractivity contribution in [2.45, 2.75) is 49.5 Å². The second-order valence-corrected chi connectivity index (χ2v) is 8.43. The average Bonchev–Trinajstić information content (AvgIpc) is 3.21. The number of carbonyl (C=O) groups excluding carboxylic acids is 1. The minimum Gasteiger partial charge on any atom is -0.325 e. The SMILES string of the molecule is CC(C)C1NNC(C(=O)Nc2cccc(-c3n[nH]c(C4CC4)n3)c2)C1Br. The smallest absolute Gasteiger partial charge is 0.244 e. The lowest BCUT2D eigenvalue weighted by Crippen LogP contribution is -2.42. The molecule has 2 heterocycles. The summed E-state index contributed by atoms with van der Waals surface area (Å²) in [6.45, 7) is 4.26. The number of carbonyl (C=O) groups is 1. The molecular weight excluding hydrogens is 396 g/mol. The van der Waals surface area contributed by atoms with Crippen LogP contribution in [0.2, 0.25) is 0 Å². The molecule has 1 amide bonds. The number of halogens is 1. The maximum Gasteiger partial charge on any atom is 0.244 e. The van der Waals surface area contributed by atoms with Crippen molar-refractivity contribution in [1.29, 1.82) is 0 Å². The van der Waals surface area contributed by atoms with Gasteiger partial charge in [0.2, 0.25) is 5.91 Å². The van der Waals surface area contributed by atoms with Crippen LogP contribution in [-0.2, 0) is 4.79 Å². The van der Waals surface area contributed by atoms with Crippen LogP contribution >= 0.6 is 15.9 Å². The zero-order chi connectivity index (χ0) is 18.3. The van der Waals surface area contributed by atoms with E-state index in [1.807, 2.05) is 24.3 Å². The van der Waals surface area contributed by atoms with Crippen LogP contribution < -0.4 is 16.2 Å². The third kappa shape index (κ3) is 3.54. The predicted molar refractivity (Wildman–Crippen MR) is 104 cm³/mol. The Balaban J connectivity index is 1.45. The molecule has 4 rings (SSSR count). The van der Waals surface area contributed by atoms with Crippen LogP contribution in [0.1, 0.15) is 38.4 Å². The van der Waals surface area contributed by atoms with E-state index in [1.165, 1.54) is 12.8 Å². The fraction of sp³-hybridized carbons (Fsp3) is 0.500. The number of hydrogen-bond acceptors (Lipinski definition) is 5. The van der Waals surface area contributed by atoms with Crippen molar-refractivity contribution in [3.8, 4) is 11.4 Å². The zero-order valence-corrected chi connectivity index (χ0v) is 16.4. The zero-order valence-electron chi connectivity index (χ0n) is 14.8. The molecule has 4 N–H and O–H groups in total. The Morgan fingerprint density at radius 1 is 1.31 bits per heavy atom. The second-order valence-electron chi connectivity index (χ2n) is 7.37. The summed E-state index contributed by atoms with van der Waals surface area (Å²) in [5.41, 5.74) is 7.91. The van der Waals surface area contributed by atoms with Crippen LogP contribution in [0.15, 0.2) is 24.3 Å². The van der Waals surface area contributed by atoms with E-state index in [-0.39, 0.29) is 22.8 Å². The molecule has 2 aliphatic rings. The van der Waals surface area contributed by atoms with Gasteiger partial charge in [0.15, 0.2) is 5.82 Å². The van der Waals surface area contributed by atoms with E-state index < -0.39 is 0 Å². The molecule has 0 spiro atoms. The van der Waals surface area contributed by atoms with Gasteiger partial charge in [-0.3, -0.25) is 15.3 Å². The summed E-state index contributed by atoms with van der Waals surface area (Å²) in [5.74, 6) is 2.50. The highest BCUT2D eigenvalue weighted by molar-refractivity contribution is 9.09. The molecule has 3 atom stereocenters. The number of nitrogens with one attached hydrogen (secondary N) is 4. The molecule has 1 aliphatic heterocycles. The van der Waals surface area contributed by atoms with Gasteiger partial charge in [0.25, 0.3) is 0 Å². The molecule has 1 saturated carbocycles. The molecule has 138 valence electrons. The molecule has 2 fully saturated rings. The average molecular weight is 419 g/mol. The Kier molecular flexibility index (Phi) is 4.81. The van der Waals surface area contributed by atoms with E-state index >= 15 is 0 Å². The van der Waals surface area contributed by atoms with E-state index in [4.69, 9.17) is 0 Å². The van der Waals surface area contributed by atoms with E-state index in [2.05, 4.69) is 61.1 Å². The predicted octanol–water partition coefficient (Wildman–Crippen LogP) is 2.55. The first kappa shape index (κ1) is 17.6. The normalized spacial score (nSPS) is 25.6. The highest BCUT2D eigenvalue weighted by Crippen LogP contribution is 2.38. The van der Waals surface area contributed by atoms with Crippen molar-refractivity contribution in [2.75, 3.05) is 5.32 Å². The lowest BCUT2D eigenvalue weighted by atomic mass is 9.99. The Hall–Kier alpha value is -1.77. The third-order valence-electron chi connectivity index (χ3n) is 4.92. The molecule has 1 aliphatic carbocycles. The lowest BCUT2D eigenvalue weighted by Gasteiger charge is -2.19. The number of hydrazine groups is 1. The fourth-order valence-electron chi connectivity index (χ4n) is 3.20. The van der Waals surface area contributed by atoms with Crippen LogP contribution in [0.3, 0.4) is 0 Å². The summed E-state index contributed by atoms with van der Waals surface area (Å²) in [6, 6.07) is 7.50. The number of nitrogens with zero attached hydrogens (tertiary/aromatic N) is 2. The van der Waals surface area contributed by atoms with Crippen molar-refractivity contribution in [2.24, 2.45) is 5.92 Å². The summed E-state index contributed by atoms with van der Waals surface area (Å²) >= 11 is 3.65. The maximum atomic E-state index is 12.7. The highest BCUT2D eigenvalue weighted by Gasteiger charge is 2.39. The number of rotatable bonds is 5. The van der Waals surface area contributed by atoms with Crippen LogP contribution in [-0.4, -0.2) is 38.0 Å². The molecule has 3 unspecified atom stereocenters. The molecule has 26 heavy (non-hydrogen) atoms. The number of H-pyrrole nitrogens is 1. The number of anilines is 1. The molecule has 2 aromatic rings. The molecule has 1 saturated heterocycles. The summed E-state index contributed by atoms with van der Waals surface area (Å²) in [6.07, 6.45) is 2.36. The topological polar surface area (TPSA) is 94.7 Å². The summed E-state index contributed by atoms with van der Waals surface area (Å²) in [7, 11) is 0. The Bertz CT molecular complexity index is 802. The lowest BCUT2D eigenvalue weighted by molar-refractivity contribution is -0.117. The van der Waals surface area contributed by atoms with Crippen molar-refractivity contribution < 1.29 is 4.79 Å². The first-order chi connectivity index (χ1) is 12.5. The van der Waals surface area contributed by atoms with E-state index in [1.54, 1.807) is 0 Å². The van der Waals surface area contributed by atoms with Gasteiger partial charge in [0.05, 0.1) is 4.83 Å². The van der Waals surface area contributed by atoms with E-state index in [9.17, 15) is 4.79 Å². The van der Waals surface area contributed by atoms with Gasteiger partial charge in [-0.1, -0.05) is 41.9 Å². The number of hydrogen-bond donors (Lipinski definition) is 4. The molecule has 0 radical (unpaired) electrons. The highest BCUT2D eigenvalue weighted by atomic mass is 79.9.